The molecule has 0 unspecified atom stereocenters. The number of halogens is 1. The molecule has 29 heavy (non-hydrogen) atoms. The summed E-state index contributed by atoms with van der Waals surface area (Å²) in [5.74, 6) is -0.236. The van der Waals surface area contributed by atoms with Gasteiger partial charge in [-0.2, -0.15) is 0 Å². The van der Waals surface area contributed by atoms with Gasteiger partial charge in [-0.1, -0.05) is 57.4 Å². The Bertz CT molecular complexity index is 969. The van der Waals surface area contributed by atoms with Crippen LogP contribution in [0.2, 0.25) is 0 Å². The molecule has 3 nitrogen and oxygen atoms in total. The van der Waals surface area contributed by atoms with E-state index in [4.69, 9.17) is 0 Å². The van der Waals surface area contributed by atoms with E-state index in [0.717, 1.165) is 66.3 Å². The van der Waals surface area contributed by atoms with Crippen molar-refractivity contribution in [3.05, 3.63) is 64.7 Å². The number of nitrogens with one attached hydrogen (secondary N) is 1. The number of rotatable bonds is 4. The Labute approximate surface area is 171 Å². The molecule has 2 aromatic carbocycles. The summed E-state index contributed by atoms with van der Waals surface area (Å²) in [6, 6.07) is 10.5. The van der Waals surface area contributed by atoms with Gasteiger partial charge in [0, 0.05) is 0 Å². The molecule has 1 spiro atoms. The van der Waals surface area contributed by atoms with Gasteiger partial charge in [-0.3, -0.25) is 4.79 Å². The summed E-state index contributed by atoms with van der Waals surface area (Å²) in [7, 11) is 0. The predicted molar refractivity (Wildman–Crippen MR) is 114 cm³/mol. The van der Waals surface area contributed by atoms with Crippen molar-refractivity contribution in [2.24, 2.45) is 0 Å². The first-order chi connectivity index (χ1) is 14.0. The molecular formula is C25H28FNO2. The average molecular weight is 394 g/mol. The van der Waals surface area contributed by atoms with E-state index in [1.807, 2.05) is 6.07 Å². The SMILES string of the molecule is CCc1ccc(-c2ccc(F)cc2)c(CC)c1C1=C(O)C2(CCCCC2)NC1=O. The van der Waals surface area contributed by atoms with Gasteiger partial charge in [0.2, 0.25) is 0 Å². The maximum Gasteiger partial charge on any atom is 0.256 e. The van der Waals surface area contributed by atoms with Crippen molar-refractivity contribution in [3.8, 4) is 11.1 Å². The monoisotopic (exact) mass is 393 g/mol. The molecule has 152 valence electrons. The zero-order valence-electron chi connectivity index (χ0n) is 17.1. The maximum atomic E-state index is 13.4. The molecule has 0 bridgehead atoms. The van der Waals surface area contributed by atoms with Gasteiger partial charge in [0.25, 0.3) is 5.91 Å². The molecule has 4 rings (SSSR count). The van der Waals surface area contributed by atoms with Crippen LogP contribution in [-0.2, 0) is 17.6 Å². The molecule has 0 radical (unpaired) electrons. The first kappa shape index (κ1) is 19.7. The quantitative estimate of drug-likeness (QED) is 0.698. The molecule has 2 N–H and O–H groups in total. The van der Waals surface area contributed by atoms with E-state index in [-0.39, 0.29) is 17.5 Å². The van der Waals surface area contributed by atoms with E-state index in [2.05, 4.69) is 25.2 Å². The Morgan fingerprint density at radius 1 is 1.00 bits per heavy atom. The van der Waals surface area contributed by atoms with E-state index in [1.165, 1.54) is 12.1 Å². The van der Waals surface area contributed by atoms with Crippen molar-refractivity contribution in [1.29, 1.82) is 0 Å². The largest absolute Gasteiger partial charge is 0.509 e. The molecule has 2 aliphatic rings. The fourth-order valence-corrected chi connectivity index (χ4v) is 5.00. The van der Waals surface area contributed by atoms with E-state index in [1.54, 1.807) is 12.1 Å². The maximum absolute atomic E-state index is 13.4. The van der Waals surface area contributed by atoms with Crippen LogP contribution in [0, 0.1) is 5.82 Å². The number of aliphatic hydroxyl groups is 1. The molecule has 2 aromatic rings. The third kappa shape index (κ3) is 3.25. The van der Waals surface area contributed by atoms with E-state index in [0.29, 0.717) is 12.0 Å². The number of benzene rings is 2. The Balaban J connectivity index is 1.93. The van der Waals surface area contributed by atoms with Gasteiger partial charge < -0.3 is 10.4 Å². The van der Waals surface area contributed by atoms with Gasteiger partial charge in [-0.15, -0.1) is 0 Å². The molecule has 1 heterocycles. The second-order valence-corrected chi connectivity index (χ2v) is 8.16. The molecular weight excluding hydrogens is 365 g/mol. The fourth-order valence-electron chi connectivity index (χ4n) is 5.00. The lowest BCUT2D eigenvalue weighted by Crippen LogP contribution is -2.46. The van der Waals surface area contributed by atoms with Crippen LogP contribution in [0.3, 0.4) is 0 Å². The summed E-state index contributed by atoms with van der Waals surface area (Å²) in [5, 5.41) is 14.4. The van der Waals surface area contributed by atoms with Gasteiger partial charge >= 0.3 is 0 Å². The smallest absolute Gasteiger partial charge is 0.256 e. The minimum atomic E-state index is -0.605. The van der Waals surface area contributed by atoms with Gasteiger partial charge in [0.1, 0.15) is 11.6 Å². The van der Waals surface area contributed by atoms with Gasteiger partial charge in [0.05, 0.1) is 11.1 Å². The van der Waals surface area contributed by atoms with Crippen molar-refractivity contribution in [2.45, 2.75) is 64.3 Å². The molecule has 1 aliphatic carbocycles. The molecule has 0 atom stereocenters. The highest BCUT2D eigenvalue weighted by Crippen LogP contribution is 2.44. The van der Waals surface area contributed by atoms with E-state index in [9.17, 15) is 14.3 Å². The average Bonchev–Trinajstić information content (AvgIpc) is 2.97. The Morgan fingerprint density at radius 2 is 1.69 bits per heavy atom. The molecule has 4 heteroatoms. The van der Waals surface area contributed by atoms with Crippen molar-refractivity contribution in [2.75, 3.05) is 0 Å². The van der Waals surface area contributed by atoms with Gasteiger partial charge in [-0.05, 0) is 65.6 Å². The predicted octanol–water partition coefficient (Wildman–Crippen LogP) is 5.72. The highest BCUT2D eigenvalue weighted by molar-refractivity contribution is 6.24. The highest BCUT2D eigenvalue weighted by Gasteiger charge is 2.47. The van der Waals surface area contributed by atoms with Crippen molar-refractivity contribution in [3.63, 3.8) is 0 Å². The summed E-state index contributed by atoms with van der Waals surface area (Å²) in [6.07, 6.45) is 6.21. The number of aliphatic hydroxyl groups excluding tert-OH is 1. The van der Waals surface area contributed by atoms with E-state index < -0.39 is 5.54 Å². The number of aryl methyl sites for hydroxylation is 1. The molecule has 1 fully saturated rings. The minimum absolute atomic E-state index is 0.176. The van der Waals surface area contributed by atoms with Crippen molar-refractivity contribution < 1.29 is 14.3 Å². The minimum Gasteiger partial charge on any atom is -0.509 e. The van der Waals surface area contributed by atoms with Crippen LogP contribution < -0.4 is 5.32 Å². The third-order valence-corrected chi connectivity index (χ3v) is 6.52. The van der Waals surface area contributed by atoms with Crippen LogP contribution in [-0.4, -0.2) is 16.6 Å². The van der Waals surface area contributed by atoms with Crippen LogP contribution in [0.15, 0.2) is 42.2 Å². The van der Waals surface area contributed by atoms with Gasteiger partial charge in [-0.25, -0.2) is 4.39 Å². The first-order valence-electron chi connectivity index (χ1n) is 10.7. The lowest BCUT2D eigenvalue weighted by molar-refractivity contribution is -0.116. The van der Waals surface area contributed by atoms with Crippen molar-refractivity contribution >= 4 is 11.5 Å². The topological polar surface area (TPSA) is 49.3 Å². The Kier molecular flexibility index (Phi) is 5.20. The van der Waals surface area contributed by atoms with Crippen LogP contribution in [0.5, 0.6) is 0 Å². The van der Waals surface area contributed by atoms with E-state index >= 15 is 0 Å². The number of carbonyl (C=O) groups is 1. The summed E-state index contributed by atoms with van der Waals surface area (Å²) in [4.78, 5) is 13.1. The summed E-state index contributed by atoms with van der Waals surface area (Å²) < 4.78 is 13.4. The molecule has 0 aromatic heterocycles. The highest BCUT2D eigenvalue weighted by atomic mass is 19.1. The zero-order chi connectivity index (χ0) is 20.6. The van der Waals surface area contributed by atoms with Crippen LogP contribution in [0.1, 0.15) is 62.6 Å². The van der Waals surface area contributed by atoms with Crippen LogP contribution in [0.4, 0.5) is 4.39 Å². The molecule has 1 saturated carbocycles. The zero-order valence-corrected chi connectivity index (χ0v) is 17.1. The number of hydrogen-bond donors (Lipinski definition) is 2. The molecule has 1 amide bonds. The summed E-state index contributed by atoms with van der Waals surface area (Å²) in [6.45, 7) is 4.13. The molecule has 0 saturated heterocycles. The van der Waals surface area contributed by atoms with Crippen LogP contribution >= 0.6 is 0 Å². The summed E-state index contributed by atoms with van der Waals surface area (Å²) in [5.41, 5.74) is 4.67. The normalized spacial score (nSPS) is 18.4. The second kappa shape index (κ2) is 7.66. The lowest BCUT2D eigenvalue weighted by Gasteiger charge is -2.33. The Hall–Kier alpha value is -2.62. The van der Waals surface area contributed by atoms with Gasteiger partial charge in [0.15, 0.2) is 0 Å². The summed E-state index contributed by atoms with van der Waals surface area (Å²) >= 11 is 0. The standard InChI is InChI=1S/C25H28FNO2/c1-3-16-10-13-20(17-8-11-18(26)12-9-17)19(4-2)21(16)22-23(28)25(27-24(22)29)14-6-5-7-15-25/h8-13,28H,3-7,14-15H2,1-2H3,(H,27,29). The number of carbonyl (C=O) groups excluding carboxylic acids is 1. The third-order valence-electron chi connectivity index (χ3n) is 6.52. The lowest BCUT2D eigenvalue weighted by atomic mass is 9.79. The first-order valence-corrected chi connectivity index (χ1v) is 10.7. The molecule has 1 aliphatic heterocycles. The number of amides is 1. The van der Waals surface area contributed by atoms with Crippen LogP contribution in [0.25, 0.3) is 16.7 Å². The number of hydrogen-bond acceptors (Lipinski definition) is 2. The fraction of sp³-hybridized carbons (Fsp3) is 0.400. The Morgan fingerprint density at radius 3 is 2.31 bits per heavy atom. The second-order valence-electron chi connectivity index (χ2n) is 8.16. The van der Waals surface area contributed by atoms with Crippen molar-refractivity contribution in [1.82, 2.24) is 5.32 Å².